The van der Waals surface area contributed by atoms with E-state index < -0.39 is 10.0 Å². The Morgan fingerprint density at radius 1 is 1.00 bits per heavy atom. The summed E-state index contributed by atoms with van der Waals surface area (Å²) in [7, 11) is -3.62. The van der Waals surface area contributed by atoms with Crippen LogP contribution in [-0.4, -0.2) is 51.5 Å². The SMILES string of the molecule is Cc1ccc(C)c(NCC(=O)Nc2cc(S(=O)(=O)N3CCOCC3)ccc2C)c1. The van der Waals surface area contributed by atoms with E-state index in [1.807, 2.05) is 39.0 Å². The molecule has 0 saturated carbocycles. The van der Waals surface area contributed by atoms with E-state index in [0.29, 0.717) is 32.0 Å². The minimum atomic E-state index is -3.62. The summed E-state index contributed by atoms with van der Waals surface area (Å²) in [5.41, 5.74) is 4.35. The molecule has 1 heterocycles. The lowest BCUT2D eigenvalue weighted by Gasteiger charge is -2.26. The minimum absolute atomic E-state index is 0.0875. The molecule has 0 bridgehead atoms. The molecule has 1 saturated heterocycles. The molecule has 3 rings (SSSR count). The quantitative estimate of drug-likeness (QED) is 0.755. The van der Waals surface area contributed by atoms with Gasteiger partial charge < -0.3 is 15.4 Å². The molecule has 0 radical (unpaired) electrons. The fourth-order valence-corrected chi connectivity index (χ4v) is 4.56. The topological polar surface area (TPSA) is 87.7 Å². The van der Waals surface area contributed by atoms with Crippen molar-refractivity contribution in [2.75, 3.05) is 43.5 Å². The maximum atomic E-state index is 12.9. The van der Waals surface area contributed by atoms with Crippen molar-refractivity contribution in [3.63, 3.8) is 0 Å². The molecule has 1 aliphatic heterocycles. The third-order valence-electron chi connectivity index (χ3n) is 4.92. The number of sulfonamides is 1. The summed E-state index contributed by atoms with van der Waals surface area (Å²) in [6.45, 7) is 7.33. The Morgan fingerprint density at radius 3 is 2.38 bits per heavy atom. The zero-order chi connectivity index (χ0) is 21.0. The Bertz CT molecular complexity index is 999. The number of carbonyl (C=O) groups is 1. The number of anilines is 2. The van der Waals surface area contributed by atoms with Crippen LogP contribution in [0.3, 0.4) is 0 Å². The maximum Gasteiger partial charge on any atom is 0.243 e. The van der Waals surface area contributed by atoms with Gasteiger partial charge in [0.15, 0.2) is 0 Å². The van der Waals surface area contributed by atoms with Crippen LogP contribution in [0.2, 0.25) is 0 Å². The highest BCUT2D eigenvalue weighted by Crippen LogP contribution is 2.24. The second-order valence-corrected chi connectivity index (χ2v) is 9.15. The van der Waals surface area contributed by atoms with E-state index >= 15 is 0 Å². The molecule has 1 amide bonds. The highest BCUT2D eigenvalue weighted by Gasteiger charge is 2.26. The lowest BCUT2D eigenvalue weighted by Crippen LogP contribution is -2.40. The van der Waals surface area contributed by atoms with Crippen molar-refractivity contribution in [1.29, 1.82) is 0 Å². The number of benzene rings is 2. The number of hydrogen-bond acceptors (Lipinski definition) is 5. The maximum absolute atomic E-state index is 12.9. The molecule has 8 heteroatoms. The molecule has 2 aromatic carbocycles. The van der Waals surface area contributed by atoms with Crippen molar-refractivity contribution >= 4 is 27.3 Å². The minimum Gasteiger partial charge on any atom is -0.379 e. The molecule has 0 aromatic heterocycles. The van der Waals surface area contributed by atoms with Crippen LogP contribution in [0, 0.1) is 20.8 Å². The number of nitrogens with zero attached hydrogens (tertiary/aromatic N) is 1. The Morgan fingerprint density at radius 2 is 1.66 bits per heavy atom. The number of hydrogen-bond donors (Lipinski definition) is 2. The van der Waals surface area contributed by atoms with Crippen LogP contribution >= 0.6 is 0 Å². The molecule has 0 unspecified atom stereocenters. The molecule has 7 nitrogen and oxygen atoms in total. The summed E-state index contributed by atoms with van der Waals surface area (Å²) in [6, 6.07) is 10.8. The number of aryl methyl sites for hydroxylation is 3. The second kappa shape index (κ2) is 8.94. The monoisotopic (exact) mass is 417 g/mol. The lowest BCUT2D eigenvalue weighted by molar-refractivity contribution is -0.114. The van der Waals surface area contributed by atoms with Gasteiger partial charge in [0.25, 0.3) is 0 Å². The van der Waals surface area contributed by atoms with Gasteiger partial charge in [-0.15, -0.1) is 0 Å². The summed E-state index contributed by atoms with van der Waals surface area (Å²) in [6.07, 6.45) is 0. The fraction of sp³-hybridized carbons (Fsp3) is 0.381. The van der Waals surface area contributed by atoms with Crippen molar-refractivity contribution < 1.29 is 17.9 Å². The lowest BCUT2D eigenvalue weighted by atomic mass is 10.1. The molecule has 1 aliphatic rings. The van der Waals surface area contributed by atoms with Crippen LogP contribution < -0.4 is 10.6 Å². The van der Waals surface area contributed by atoms with Crippen molar-refractivity contribution in [2.45, 2.75) is 25.7 Å². The van der Waals surface area contributed by atoms with Gasteiger partial charge in [-0.3, -0.25) is 4.79 Å². The fourth-order valence-electron chi connectivity index (χ4n) is 3.13. The molecule has 0 spiro atoms. The van der Waals surface area contributed by atoms with Crippen molar-refractivity contribution in [1.82, 2.24) is 4.31 Å². The van der Waals surface area contributed by atoms with E-state index in [-0.39, 0.29) is 17.3 Å². The van der Waals surface area contributed by atoms with E-state index in [4.69, 9.17) is 4.74 Å². The Kier molecular flexibility index (Phi) is 6.56. The van der Waals surface area contributed by atoms with Crippen LogP contribution in [0.4, 0.5) is 11.4 Å². The van der Waals surface area contributed by atoms with E-state index in [1.165, 1.54) is 10.4 Å². The molecular formula is C21H27N3O4S. The smallest absolute Gasteiger partial charge is 0.243 e. The first-order valence-corrected chi connectivity index (χ1v) is 11.0. The molecule has 0 aliphatic carbocycles. The van der Waals surface area contributed by atoms with Gasteiger partial charge >= 0.3 is 0 Å². The zero-order valence-electron chi connectivity index (χ0n) is 17.0. The van der Waals surface area contributed by atoms with Crippen LogP contribution in [-0.2, 0) is 19.6 Å². The normalized spacial score (nSPS) is 15.1. The van der Waals surface area contributed by atoms with Gasteiger partial charge in [-0.05, 0) is 55.7 Å². The van der Waals surface area contributed by atoms with Gasteiger partial charge in [-0.2, -0.15) is 4.31 Å². The van der Waals surface area contributed by atoms with E-state index in [1.54, 1.807) is 12.1 Å². The molecule has 2 N–H and O–H groups in total. The zero-order valence-corrected chi connectivity index (χ0v) is 17.8. The Labute approximate surface area is 172 Å². The van der Waals surface area contributed by atoms with Crippen LogP contribution in [0.15, 0.2) is 41.3 Å². The molecule has 0 atom stereocenters. The number of rotatable bonds is 6. The number of amides is 1. The van der Waals surface area contributed by atoms with E-state index in [0.717, 1.165) is 22.4 Å². The first-order valence-electron chi connectivity index (χ1n) is 9.57. The van der Waals surface area contributed by atoms with Crippen molar-refractivity contribution in [3.8, 4) is 0 Å². The molecule has 2 aromatic rings. The van der Waals surface area contributed by atoms with Gasteiger partial charge in [-0.25, -0.2) is 8.42 Å². The summed E-state index contributed by atoms with van der Waals surface area (Å²) < 4.78 is 32.4. The van der Waals surface area contributed by atoms with Crippen LogP contribution in [0.1, 0.15) is 16.7 Å². The molecular weight excluding hydrogens is 390 g/mol. The van der Waals surface area contributed by atoms with Gasteiger partial charge in [0.1, 0.15) is 0 Å². The number of carbonyl (C=O) groups excluding carboxylic acids is 1. The van der Waals surface area contributed by atoms with Gasteiger partial charge in [0.05, 0.1) is 24.7 Å². The summed E-state index contributed by atoms with van der Waals surface area (Å²) in [5.74, 6) is -0.241. The third-order valence-corrected chi connectivity index (χ3v) is 6.82. The Balaban J connectivity index is 1.71. The number of morpholine rings is 1. The predicted octanol–water partition coefficient (Wildman–Crippen LogP) is 2.68. The standard InChI is InChI=1S/C21H27N3O4S/c1-15-4-5-16(2)19(12-15)22-14-21(25)23-20-13-18(7-6-17(20)3)29(26,27)24-8-10-28-11-9-24/h4-7,12-13,22H,8-11,14H2,1-3H3,(H,23,25). The van der Waals surface area contributed by atoms with Gasteiger partial charge in [0.2, 0.25) is 15.9 Å². The summed E-state index contributed by atoms with van der Waals surface area (Å²) in [4.78, 5) is 12.6. The predicted molar refractivity (Wildman–Crippen MR) is 114 cm³/mol. The van der Waals surface area contributed by atoms with Crippen LogP contribution in [0.5, 0.6) is 0 Å². The van der Waals surface area contributed by atoms with Crippen molar-refractivity contribution in [2.24, 2.45) is 0 Å². The largest absolute Gasteiger partial charge is 0.379 e. The second-order valence-electron chi connectivity index (χ2n) is 7.21. The Hall–Kier alpha value is -2.42. The third kappa shape index (κ3) is 5.14. The molecule has 156 valence electrons. The average molecular weight is 418 g/mol. The first-order chi connectivity index (χ1) is 13.8. The summed E-state index contributed by atoms with van der Waals surface area (Å²) >= 11 is 0. The van der Waals surface area contributed by atoms with Gasteiger partial charge in [-0.1, -0.05) is 18.2 Å². The molecule has 1 fully saturated rings. The summed E-state index contributed by atoms with van der Waals surface area (Å²) in [5, 5.41) is 5.96. The van der Waals surface area contributed by atoms with Gasteiger partial charge in [0, 0.05) is 24.5 Å². The highest BCUT2D eigenvalue weighted by molar-refractivity contribution is 7.89. The first kappa shape index (κ1) is 21.3. The van der Waals surface area contributed by atoms with Crippen LogP contribution in [0.25, 0.3) is 0 Å². The highest BCUT2D eigenvalue weighted by atomic mass is 32.2. The van der Waals surface area contributed by atoms with E-state index in [2.05, 4.69) is 10.6 Å². The van der Waals surface area contributed by atoms with E-state index in [9.17, 15) is 13.2 Å². The average Bonchev–Trinajstić information content (AvgIpc) is 2.71. The number of nitrogens with one attached hydrogen (secondary N) is 2. The van der Waals surface area contributed by atoms with Crippen molar-refractivity contribution in [3.05, 3.63) is 53.1 Å². The number of ether oxygens (including phenoxy) is 1. The molecule has 29 heavy (non-hydrogen) atoms.